The van der Waals surface area contributed by atoms with Gasteiger partial charge in [-0.15, -0.1) is 0 Å². The maximum atomic E-state index is 8.74. The van der Waals surface area contributed by atoms with E-state index >= 15 is 0 Å². The van der Waals surface area contributed by atoms with Crippen molar-refractivity contribution in [2.75, 3.05) is 0 Å². The van der Waals surface area contributed by atoms with Gasteiger partial charge in [-0.3, -0.25) is 0 Å². The molecule has 12 heavy (non-hydrogen) atoms. The summed E-state index contributed by atoms with van der Waals surface area (Å²) in [5.41, 5.74) is 1.83. The minimum atomic E-state index is 0.0666. The van der Waals surface area contributed by atoms with Crippen LogP contribution in [0.5, 0.6) is 0 Å². The van der Waals surface area contributed by atoms with E-state index in [1.54, 1.807) is 6.21 Å². The third-order valence-electron chi connectivity index (χ3n) is 1.45. The van der Waals surface area contributed by atoms with Crippen LogP contribution >= 0.6 is 0 Å². The van der Waals surface area contributed by atoms with Crippen LogP contribution in [0.25, 0.3) is 0 Å². The fraction of sp³-hybridized carbons (Fsp3) is 0.111. The lowest BCUT2D eigenvalue weighted by Gasteiger charge is -1.94. The zero-order chi connectivity index (χ0) is 8.81. The van der Waals surface area contributed by atoms with E-state index in [9.17, 15) is 0 Å². The van der Waals surface area contributed by atoms with Gasteiger partial charge in [0.1, 0.15) is 0 Å². The first kappa shape index (κ1) is 8.62. The molecule has 0 bridgehead atoms. The largest absolute Gasteiger partial charge is 0.392 e. The van der Waals surface area contributed by atoms with Gasteiger partial charge < -0.3 is 5.11 Å². The molecule has 0 aliphatic rings. The number of aliphatic hydroxyl groups excluding tert-OH is 1. The first-order chi connectivity index (χ1) is 5.86. The van der Waals surface area contributed by atoms with Crippen molar-refractivity contribution in [2.45, 2.75) is 6.61 Å². The zero-order valence-corrected chi connectivity index (χ0v) is 6.64. The Morgan fingerprint density at radius 2 is 2.00 bits per heavy atom. The van der Waals surface area contributed by atoms with E-state index in [4.69, 9.17) is 5.11 Å². The quantitative estimate of drug-likeness (QED) is 0.527. The Bertz CT molecular complexity index is 277. The van der Waals surface area contributed by atoms with Crippen molar-refractivity contribution >= 4 is 12.9 Å². The van der Waals surface area contributed by atoms with E-state index in [-0.39, 0.29) is 6.61 Å². The molecule has 0 amide bonds. The molecule has 62 valence electrons. The summed E-state index contributed by atoms with van der Waals surface area (Å²) in [6.45, 7) is 3.29. The van der Waals surface area contributed by atoms with Crippen molar-refractivity contribution in [2.24, 2.45) is 10.2 Å². The van der Waals surface area contributed by atoms with Crippen LogP contribution in [0.15, 0.2) is 34.5 Å². The smallest absolute Gasteiger partial charge is 0.0681 e. The summed E-state index contributed by atoms with van der Waals surface area (Å²) >= 11 is 0. The van der Waals surface area contributed by atoms with E-state index < -0.39 is 0 Å². The molecule has 3 nitrogen and oxygen atoms in total. The molecule has 0 aliphatic heterocycles. The molecular formula is C9H10N2O. The van der Waals surface area contributed by atoms with Crippen LogP contribution in [0, 0.1) is 0 Å². The van der Waals surface area contributed by atoms with Crippen molar-refractivity contribution in [1.29, 1.82) is 0 Å². The van der Waals surface area contributed by atoms with Crippen molar-refractivity contribution in [3.8, 4) is 0 Å². The molecule has 0 fully saturated rings. The number of nitrogens with zero attached hydrogens (tertiary/aromatic N) is 2. The van der Waals surface area contributed by atoms with Gasteiger partial charge in [0.15, 0.2) is 0 Å². The average molecular weight is 162 g/mol. The van der Waals surface area contributed by atoms with E-state index in [1.807, 2.05) is 24.3 Å². The average Bonchev–Trinajstić information content (AvgIpc) is 2.15. The second kappa shape index (κ2) is 4.41. The Kier molecular flexibility index (Phi) is 3.17. The van der Waals surface area contributed by atoms with Gasteiger partial charge in [-0.1, -0.05) is 24.3 Å². The highest BCUT2D eigenvalue weighted by Crippen LogP contribution is 2.01. The van der Waals surface area contributed by atoms with Crippen LogP contribution in [-0.2, 0) is 6.61 Å². The molecule has 0 saturated heterocycles. The normalized spacial score (nSPS) is 10.4. The SMILES string of the molecule is C=N/N=C/c1ccc(CO)cc1. The van der Waals surface area contributed by atoms with Crippen molar-refractivity contribution in [1.82, 2.24) is 0 Å². The van der Waals surface area contributed by atoms with Crippen LogP contribution in [0.4, 0.5) is 0 Å². The number of benzene rings is 1. The minimum absolute atomic E-state index is 0.0666. The number of aliphatic hydroxyl groups is 1. The summed E-state index contributed by atoms with van der Waals surface area (Å²) in [5.74, 6) is 0. The summed E-state index contributed by atoms with van der Waals surface area (Å²) in [6, 6.07) is 7.40. The van der Waals surface area contributed by atoms with Crippen molar-refractivity contribution in [3.63, 3.8) is 0 Å². The Balaban J connectivity index is 2.77. The molecule has 3 heteroatoms. The zero-order valence-electron chi connectivity index (χ0n) is 6.64. The lowest BCUT2D eigenvalue weighted by Crippen LogP contribution is -1.84. The standard InChI is InChI=1S/C9H10N2O/c1-10-11-6-8-2-4-9(7-12)5-3-8/h2-6,12H,1,7H2/b11-6+. The topological polar surface area (TPSA) is 45.0 Å². The van der Waals surface area contributed by atoms with Crippen LogP contribution in [0.1, 0.15) is 11.1 Å². The van der Waals surface area contributed by atoms with Gasteiger partial charge in [0.25, 0.3) is 0 Å². The van der Waals surface area contributed by atoms with Gasteiger partial charge in [-0.05, 0) is 11.1 Å². The highest BCUT2D eigenvalue weighted by atomic mass is 16.3. The molecule has 1 aromatic carbocycles. The van der Waals surface area contributed by atoms with Crippen LogP contribution in [0.2, 0.25) is 0 Å². The molecule has 0 radical (unpaired) electrons. The molecule has 0 unspecified atom stereocenters. The lowest BCUT2D eigenvalue weighted by molar-refractivity contribution is 0.282. The number of hydrogen-bond acceptors (Lipinski definition) is 3. The minimum Gasteiger partial charge on any atom is -0.392 e. The van der Waals surface area contributed by atoms with E-state index in [2.05, 4.69) is 16.9 Å². The predicted octanol–water partition coefficient (Wildman–Crippen LogP) is 1.21. The molecule has 0 aliphatic carbocycles. The second-order valence-corrected chi connectivity index (χ2v) is 2.29. The Hall–Kier alpha value is -1.48. The first-order valence-electron chi connectivity index (χ1n) is 3.55. The van der Waals surface area contributed by atoms with Crippen LogP contribution in [-0.4, -0.2) is 18.0 Å². The molecule has 0 saturated carbocycles. The van der Waals surface area contributed by atoms with Crippen LogP contribution in [0.3, 0.4) is 0 Å². The van der Waals surface area contributed by atoms with Gasteiger partial charge in [-0.25, -0.2) is 0 Å². The van der Waals surface area contributed by atoms with Crippen molar-refractivity contribution in [3.05, 3.63) is 35.4 Å². The fourth-order valence-electron chi connectivity index (χ4n) is 0.817. The highest BCUT2D eigenvalue weighted by Gasteiger charge is 1.89. The van der Waals surface area contributed by atoms with E-state index in [1.165, 1.54) is 0 Å². The highest BCUT2D eigenvalue weighted by molar-refractivity contribution is 5.79. The molecule has 0 aromatic heterocycles. The maximum absolute atomic E-state index is 8.74. The van der Waals surface area contributed by atoms with E-state index in [0.29, 0.717) is 0 Å². The monoisotopic (exact) mass is 162 g/mol. The molecule has 1 aromatic rings. The molecular weight excluding hydrogens is 152 g/mol. The molecule has 1 rings (SSSR count). The van der Waals surface area contributed by atoms with Gasteiger partial charge in [0, 0.05) is 6.72 Å². The first-order valence-corrected chi connectivity index (χ1v) is 3.55. The van der Waals surface area contributed by atoms with Gasteiger partial charge in [0.05, 0.1) is 12.8 Å². The number of rotatable bonds is 3. The fourth-order valence-corrected chi connectivity index (χ4v) is 0.817. The third kappa shape index (κ3) is 2.29. The predicted molar refractivity (Wildman–Crippen MR) is 49.5 cm³/mol. The van der Waals surface area contributed by atoms with Gasteiger partial charge in [-0.2, -0.15) is 10.2 Å². The summed E-state index contributed by atoms with van der Waals surface area (Å²) in [6.07, 6.45) is 1.61. The molecule has 1 N–H and O–H groups in total. The van der Waals surface area contributed by atoms with Crippen LogP contribution < -0.4 is 0 Å². The number of hydrogen-bond donors (Lipinski definition) is 1. The van der Waals surface area contributed by atoms with Gasteiger partial charge in [0.2, 0.25) is 0 Å². The van der Waals surface area contributed by atoms with E-state index in [0.717, 1.165) is 11.1 Å². The molecule has 0 atom stereocenters. The molecule has 0 spiro atoms. The van der Waals surface area contributed by atoms with Gasteiger partial charge >= 0.3 is 0 Å². The lowest BCUT2D eigenvalue weighted by atomic mass is 10.2. The summed E-state index contributed by atoms with van der Waals surface area (Å²) < 4.78 is 0. The Morgan fingerprint density at radius 3 is 2.50 bits per heavy atom. The second-order valence-electron chi connectivity index (χ2n) is 2.29. The summed E-state index contributed by atoms with van der Waals surface area (Å²) in [4.78, 5) is 0. The maximum Gasteiger partial charge on any atom is 0.0681 e. The van der Waals surface area contributed by atoms with Crippen molar-refractivity contribution < 1.29 is 5.11 Å². The third-order valence-corrected chi connectivity index (χ3v) is 1.45. The Labute approximate surface area is 71.1 Å². The summed E-state index contributed by atoms with van der Waals surface area (Å²) in [5, 5.41) is 15.7. The Morgan fingerprint density at radius 1 is 1.33 bits per heavy atom. The summed E-state index contributed by atoms with van der Waals surface area (Å²) in [7, 11) is 0. The molecule has 0 heterocycles.